The van der Waals surface area contributed by atoms with Crippen LogP contribution < -0.4 is 4.90 Å². The molecule has 0 bridgehead atoms. The molecule has 0 atom stereocenters. The van der Waals surface area contributed by atoms with Crippen molar-refractivity contribution < 1.29 is 4.42 Å². The quantitative estimate of drug-likeness (QED) is 0.157. The lowest BCUT2D eigenvalue weighted by Gasteiger charge is -2.28. The minimum absolute atomic E-state index is 0.865. The van der Waals surface area contributed by atoms with E-state index in [9.17, 15) is 0 Å². The number of fused-ring (bicyclic) bond motifs is 9. The van der Waals surface area contributed by atoms with Crippen LogP contribution in [0.5, 0.6) is 0 Å². The Morgan fingerprint density at radius 1 is 0.267 bits per heavy atom. The highest BCUT2D eigenvalue weighted by Crippen LogP contribution is 2.47. The van der Waals surface area contributed by atoms with E-state index in [-0.39, 0.29) is 0 Å². The lowest BCUT2D eigenvalue weighted by molar-refractivity contribution is 0.669. The van der Waals surface area contributed by atoms with Crippen LogP contribution in [-0.2, 0) is 0 Å². The van der Waals surface area contributed by atoms with Gasteiger partial charge < -0.3 is 9.32 Å². The first-order valence-electron chi connectivity index (χ1n) is 20.6. The number of anilines is 3. The molecule has 11 aromatic carbocycles. The molecule has 0 spiro atoms. The van der Waals surface area contributed by atoms with E-state index in [2.05, 4.69) is 217 Å². The molecule has 0 radical (unpaired) electrons. The van der Waals surface area contributed by atoms with Gasteiger partial charge in [0.25, 0.3) is 0 Å². The van der Waals surface area contributed by atoms with Gasteiger partial charge in [0.2, 0.25) is 0 Å². The summed E-state index contributed by atoms with van der Waals surface area (Å²) in [7, 11) is 0. The number of nitrogens with zero attached hydrogens (tertiary/aromatic N) is 1. The van der Waals surface area contributed by atoms with Crippen molar-refractivity contribution in [2.75, 3.05) is 4.90 Å². The van der Waals surface area contributed by atoms with Gasteiger partial charge in [0.15, 0.2) is 0 Å². The van der Waals surface area contributed by atoms with Crippen LogP contribution >= 0.6 is 0 Å². The first-order chi connectivity index (χ1) is 29.8. The molecule has 0 saturated heterocycles. The minimum atomic E-state index is 0.865. The Morgan fingerprint density at radius 2 is 0.783 bits per heavy atom. The molecule has 60 heavy (non-hydrogen) atoms. The molecule has 2 nitrogen and oxygen atoms in total. The molecule has 12 rings (SSSR count). The largest absolute Gasteiger partial charge is 0.456 e. The summed E-state index contributed by atoms with van der Waals surface area (Å²) in [5.41, 5.74) is 12.2. The van der Waals surface area contributed by atoms with E-state index in [4.69, 9.17) is 4.42 Å². The highest BCUT2D eigenvalue weighted by atomic mass is 16.3. The van der Waals surface area contributed by atoms with E-state index in [0.717, 1.165) is 50.1 Å². The molecule has 0 aliphatic rings. The summed E-state index contributed by atoms with van der Waals surface area (Å²) in [5, 5.41) is 12.1. The zero-order valence-electron chi connectivity index (χ0n) is 32.7. The van der Waals surface area contributed by atoms with Crippen molar-refractivity contribution in [1.82, 2.24) is 0 Å². The van der Waals surface area contributed by atoms with E-state index in [1.54, 1.807) is 0 Å². The number of hydrogen-bond acceptors (Lipinski definition) is 2. The summed E-state index contributed by atoms with van der Waals surface area (Å²) in [4.78, 5) is 2.41. The number of rotatable bonds is 6. The van der Waals surface area contributed by atoms with Gasteiger partial charge in [0.05, 0.1) is 5.69 Å². The first kappa shape index (κ1) is 34.1. The maximum atomic E-state index is 6.50. The van der Waals surface area contributed by atoms with Gasteiger partial charge >= 0.3 is 0 Å². The normalized spacial score (nSPS) is 11.7. The van der Waals surface area contributed by atoms with Crippen LogP contribution in [0.4, 0.5) is 17.1 Å². The zero-order valence-corrected chi connectivity index (χ0v) is 32.7. The monoisotopic (exact) mass is 763 g/mol. The van der Waals surface area contributed by atoms with Crippen LogP contribution in [0.25, 0.3) is 98.4 Å². The standard InChI is InChI=1S/C58H37NO/c1-3-16-38(17-4-1)57-52-28-12-10-25-47(52)48-32-30-41(35-53(48)58(57)39-18-5-2-6-19-39)40-21-15-22-43(34-40)59(44-31-33-51-50-27-13-14-29-55(50)60-56(51)37-44)54-36-42-20-7-8-23-45(42)46-24-9-11-26-49(46)54/h1-37H. The molecule has 0 fully saturated rings. The van der Waals surface area contributed by atoms with Gasteiger partial charge in [-0.3, -0.25) is 0 Å². The minimum Gasteiger partial charge on any atom is -0.456 e. The van der Waals surface area contributed by atoms with Crippen molar-refractivity contribution >= 4 is 82.1 Å². The fourth-order valence-electron chi connectivity index (χ4n) is 9.51. The Bertz CT molecular complexity index is 3600. The Labute approximate surface area is 347 Å². The van der Waals surface area contributed by atoms with Crippen LogP contribution in [0.3, 0.4) is 0 Å². The second-order valence-corrected chi connectivity index (χ2v) is 15.6. The Kier molecular flexibility index (Phi) is 7.89. The van der Waals surface area contributed by atoms with Crippen molar-refractivity contribution in [3.8, 4) is 33.4 Å². The van der Waals surface area contributed by atoms with E-state index >= 15 is 0 Å². The molecule has 0 aliphatic heterocycles. The SMILES string of the molecule is c1ccc(-c2c(-c3ccccc3)c3cc(-c4cccc(N(c5ccc6c(c5)oc5ccccc56)c5cc6ccccc6c6ccccc56)c4)ccc3c3ccccc23)cc1. The van der Waals surface area contributed by atoms with Gasteiger partial charge in [-0.15, -0.1) is 0 Å². The third-order valence-corrected chi connectivity index (χ3v) is 12.2. The van der Waals surface area contributed by atoms with Crippen molar-refractivity contribution in [2.24, 2.45) is 0 Å². The Balaban J connectivity index is 1.10. The lowest BCUT2D eigenvalue weighted by Crippen LogP contribution is -2.10. The number of benzene rings is 11. The molecule has 0 N–H and O–H groups in total. The predicted molar refractivity (Wildman–Crippen MR) is 255 cm³/mol. The fraction of sp³-hybridized carbons (Fsp3) is 0. The molecular weight excluding hydrogens is 727 g/mol. The predicted octanol–water partition coefficient (Wildman–Crippen LogP) is 16.7. The second-order valence-electron chi connectivity index (χ2n) is 15.6. The third kappa shape index (κ3) is 5.50. The maximum absolute atomic E-state index is 6.50. The number of furan rings is 1. The maximum Gasteiger partial charge on any atom is 0.137 e. The van der Waals surface area contributed by atoms with Crippen LogP contribution in [0, 0.1) is 0 Å². The highest BCUT2D eigenvalue weighted by molar-refractivity contribution is 6.22. The molecule has 0 amide bonds. The molecule has 0 saturated carbocycles. The van der Waals surface area contributed by atoms with Crippen LogP contribution in [0.1, 0.15) is 0 Å². The zero-order chi connectivity index (χ0) is 39.6. The summed E-state index contributed by atoms with van der Waals surface area (Å²) in [6.45, 7) is 0. The van der Waals surface area contributed by atoms with Gasteiger partial charge in [-0.05, 0) is 114 Å². The highest BCUT2D eigenvalue weighted by Gasteiger charge is 2.21. The fourth-order valence-corrected chi connectivity index (χ4v) is 9.51. The molecule has 280 valence electrons. The Hall–Kier alpha value is -7.94. The Morgan fingerprint density at radius 3 is 1.55 bits per heavy atom. The van der Waals surface area contributed by atoms with Gasteiger partial charge in [-0.2, -0.15) is 0 Å². The first-order valence-corrected chi connectivity index (χ1v) is 20.6. The van der Waals surface area contributed by atoms with Crippen LogP contribution in [-0.4, -0.2) is 0 Å². The summed E-state index contributed by atoms with van der Waals surface area (Å²) in [5.74, 6) is 0. The topological polar surface area (TPSA) is 16.4 Å². The molecule has 2 heteroatoms. The molecule has 0 unspecified atom stereocenters. The smallest absolute Gasteiger partial charge is 0.137 e. The summed E-state index contributed by atoms with van der Waals surface area (Å²) in [6.07, 6.45) is 0. The second kappa shape index (κ2) is 13.9. The van der Waals surface area contributed by atoms with E-state index in [1.807, 2.05) is 12.1 Å². The molecule has 0 aliphatic carbocycles. The van der Waals surface area contributed by atoms with Crippen molar-refractivity contribution in [1.29, 1.82) is 0 Å². The summed E-state index contributed by atoms with van der Waals surface area (Å²) >= 11 is 0. The third-order valence-electron chi connectivity index (χ3n) is 12.2. The van der Waals surface area contributed by atoms with Gasteiger partial charge in [0.1, 0.15) is 11.2 Å². The number of hydrogen-bond donors (Lipinski definition) is 0. The van der Waals surface area contributed by atoms with Crippen LogP contribution in [0.15, 0.2) is 229 Å². The van der Waals surface area contributed by atoms with Gasteiger partial charge in [-0.1, -0.05) is 176 Å². The number of para-hydroxylation sites is 1. The molecule has 1 aromatic heterocycles. The van der Waals surface area contributed by atoms with E-state index in [1.165, 1.54) is 65.3 Å². The van der Waals surface area contributed by atoms with E-state index < -0.39 is 0 Å². The molecule has 1 heterocycles. The average molecular weight is 764 g/mol. The van der Waals surface area contributed by atoms with Crippen LogP contribution in [0.2, 0.25) is 0 Å². The summed E-state index contributed by atoms with van der Waals surface area (Å²) in [6, 6.07) is 81.4. The van der Waals surface area contributed by atoms with Gasteiger partial charge in [0, 0.05) is 33.6 Å². The van der Waals surface area contributed by atoms with Crippen molar-refractivity contribution in [3.05, 3.63) is 224 Å². The average Bonchev–Trinajstić information content (AvgIpc) is 3.70. The molecular formula is C58H37NO. The summed E-state index contributed by atoms with van der Waals surface area (Å²) < 4.78 is 6.50. The van der Waals surface area contributed by atoms with Gasteiger partial charge in [-0.25, -0.2) is 0 Å². The van der Waals surface area contributed by atoms with Crippen molar-refractivity contribution in [2.45, 2.75) is 0 Å². The molecule has 12 aromatic rings. The van der Waals surface area contributed by atoms with Crippen molar-refractivity contribution in [3.63, 3.8) is 0 Å². The lowest BCUT2D eigenvalue weighted by atomic mass is 9.84. The van der Waals surface area contributed by atoms with E-state index in [0.29, 0.717) is 0 Å².